The molecule has 0 radical (unpaired) electrons. The zero-order chi connectivity index (χ0) is 8.93. The molecule has 0 aliphatic carbocycles. The maximum Gasteiger partial charge on any atom is 0.115 e. The second-order valence-corrected chi connectivity index (χ2v) is 3.39. The summed E-state index contributed by atoms with van der Waals surface area (Å²) in [5.41, 5.74) is 2.24. The summed E-state index contributed by atoms with van der Waals surface area (Å²) in [7, 11) is 0. The highest BCUT2D eigenvalue weighted by Gasteiger charge is 1.93. The SMILES string of the molecule is c1ncc(CNc2ccsc2)cn1. The lowest BCUT2D eigenvalue weighted by molar-refractivity contribution is 1.05. The molecule has 1 N–H and O–H groups in total. The summed E-state index contributed by atoms with van der Waals surface area (Å²) in [6.45, 7) is 0.775. The van der Waals surface area contributed by atoms with Crippen molar-refractivity contribution in [3.05, 3.63) is 41.1 Å². The van der Waals surface area contributed by atoms with Gasteiger partial charge in [0, 0.05) is 35.6 Å². The van der Waals surface area contributed by atoms with Crippen LogP contribution in [0, 0.1) is 0 Å². The summed E-state index contributed by atoms with van der Waals surface area (Å²) in [5.74, 6) is 0. The number of rotatable bonds is 3. The van der Waals surface area contributed by atoms with Crippen LogP contribution in [0.3, 0.4) is 0 Å². The molecule has 0 aliphatic heterocycles. The van der Waals surface area contributed by atoms with Gasteiger partial charge in [-0.1, -0.05) is 0 Å². The van der Waals surface area contributed by atoms with Crippen molar-refractivity contribution in [2.75, 3.05) is 5.32 Å². The van der Waals surface area contributed by atoms with Crippen LogP contribution in [0.1, 0.15) is 5.56 Å². The lowest BCUT2D eigenvalue weighted by Crippen LogP contribution is -1.98. The van der Waals surface area contributed by atoms with Crippen LogP contribution in [0.15, 0.2) is 35.5 Å². The first-order valence-electron chi connectivity index (χ1n) is 3.95. The van der Waals surface area contributed by atoms with Crippen molar-refractivity contribution < 1.29 is 0 Å². The van der Waals surface area contributed by atoms with Gasteiger partial charge in [-0.25, -0.2) is 9.97 Å². The third-order valence-electron chi connectivity index (χ3n) is 1.63. The first-order chi connectivity index (χ1) is 6.45. The van der Waals surface area contributed by atoms with Gasteiger partial charge in [0.15, 0.2) is 0 Å². The Morgan fingerprint density at radius 1 is 1.31 bits per heavy atom. The van der Waals surface area contributed by atoms with Gasteiger partial charge in [-0.05, 0) is 11.4 Å². The monoisotopic (exact) mass is 191 g/mol. The van der Waals surface area contributed by atoms with Gasteiger partial charge in [-0.3, -0.25) is 0 Å². The number of nitrogens with one attached hydrogen (secondary N) is 1. The zero-order valence-corrected chi connectivity index (χ0v) is 7.79. The molecular formula is C9H9N3S. The molecule has 13 heavy (non-hydrogen) atoms. The second kappa shape index (κ2) is 4.00. The van der Waals surface area contributed by atoms with E-state index in [4.69, 9.17) is 0 Å². The molecule has 0 aliphatic rings. The summed E-state index contributed by atoms with van der Waals surface area (Å²) in [6, 6.07) is 2.05. The predicted octanol–water partition coefficient (Wildman–Crippen LogP) is 2.15. The highest BCUT2D eigenvalue weighted by Crippen LogP contribution is 2.12. The van der Waals surface area contributed by atoms with Crippen molar-refractivity contribution in [1.29, 1.82) is 0 Å². The third-order valence-corrected chi connectivity index (χ3v) is 2.32. The number of thiophene rings is 1. The van der Waals surface area contributed by atoms with Gasteiger partial charge in [0.2, 0.25) is 0 Å². The van der Waals surface area contributed by atoms with Crippen LogP contribution in [0.5, 0.6) is 0 Å². The lowest BCUT2D eigenvalue weighted by atomic mass is 10.3. The number of nitrogens with zero attached hydrogens (tertiary/aromatic N) is 2. The second-order valence-electron chi connectivity index (χ2n) is 2.61. The normalized spacial score (nSPS) is 9.85. The Kier molecular flexibility index (Phi) is 2.52. The van der Waals surface area contributed by atoms with Crippen LogP contribution < -0.4 is 5.32 Å². The maximum atomic E-state index is 3.94. The summed E-state index contributed by atoms with van der Waals surface area (Å²) >= 11 is 1.68. The molecule has 0 saturated heterocycles. The molecule has 4 heteroatoms. The Morgan fingerprint density at radius 2 is 2.15 bits per heavy atom. The van der Waals surface area contributed by atoms with Crippen LogP contribution in [0.2, 0.25) is 0 Å². The number of anilines is 1. The lowest BCUT2D eigenvalue weighted by Gasteiger charge is -2.01. The molecule has 3 nitrogen and oxygen atoms in total. The molecule has 0 unspecified atom stereocenters. The molecule has 66 valence electrons. The Bertz CT molecular complexity index is 344. The number of hydrogen-bond acceptors (Lipinski definition) is 4. The van der Waals surface area contributed by atoms with Gasteiger partial charge in [0.1, 0.15) is 6.33 Å². The van der Waals surface area contributed by atoms with E-state index in [9.17, 15) is 0 Å². The number of aromatic nitrogens is 2. The molecule has 0 saturated carbocycles. The van der Waals surface area contributed by atoms with E-state index in [1.54, 1.807) is 11.3 Å². The van der Waals surface area contributed by atoms with E-state index in [1.807, 2.05) is 17.8 Å². The topological polar surface area (TPSA) is 37.8 Å². The van der Waals surface area contributed by atoms with E-state index >= 15 is 0 Å². The predicted molar refractivity (Wildman–Crippen MR) is 53.7 cm³/mol. The van der Waals surface area contributed by atoms with Gasteiger partial charge < -0.3 is 5.32 Å². The highest BCUT2D eigenvalue weighted by molar-refractivity contribution is 7.08. The molecule has 2 rings (SSSR count). The third kappa shape index (κ3) is 2.26. The van der Waals surface area contributed by atoms with Crippen molar-refractivity contribution in [2.24, 2.45) is 0 Å². The molecule has 0 bridgehead atoms. The molecule has 2 aromatic heterocycles. The van der Waals surface area contributed by atoms with Crippen molar-refractivity contribution >= 4 is 17.0 Å². The first-order valence-corrected chi connectivity index (χ1v) is 4.89. The van der Waals surface area contributed by atoms with Crippen molar-refractivity contribution in [3.63, 3.8) is 0 Å². The fourth-order valence-corrected chi connectivity index (χ4v) is 1.60. The average molecular weight is 191 g/mol. The standard InChI is InChI=1S/C9H9N3S/c1-2-13-6-9(1)12-5-8-3-10-7-11-4-8/h1-4,6-7,12H,5H2. The van der Waals surface area contributed by atoms with Crippen LogP contribution in [0.4, 0.5) is 5.69 Å². The number of hydrogen-bond donors (Lipinski definition) is 1. The fourth-order valence-electron chi connectivity index (χ4n) is 0.990. The maximum absolute atomic E-state index is 3.94. The molecule has 2 heterocycles. The van der Waals surface area contributed by atoms with Crippen molar-refractivity contribution in [1.82, 2.24) is 9.97 Å². The van der Waals surface area contributed by atoms with E-state index in [2.05, 4.69) is 26.7 Å². The quantitative estimate of drug-likeness (QED) is 0.807. The smallest absolute Gasteiger partial charge is 0.115 e. The van der Waals surface area contributed by atoms with E-state index < -0.39 is 0 Å². The molecule has 0 spiro atoms. The van der Waals surface area contributed by atoms with Gasteiger partial charge >= 0.3 is 0 Å². The Morgan fingerprint density at radius 3 is 2.85 bits per heavy atom. The fraction of sp³-hybridized carbons (Fsp3) is 0.111. The molecular weight excluding hydrogens is 182 g/mol. The van der Waals surface area contributed by atoms with Crippen LogP contribution >= 0.6 is 11.3 Å². The van der Waals surface area contributed by atoms with Crippen LogP contribution in [-0.4, -0.2) is 9.97 Å². The zero-order valence-electron chi connectivity index (χ0n) is 6.97. The van der Waals surface area contributed by atoms with Gasteiger partial charge in [-0.2, -0.15) is 11.3 Å². The summed E-state index contributed by atoms with van der Waals surface area (Å²) in [5, 5.41) is 7.39. The van der Waals surface area contributed by atoms with Crippen LogP contribution in [-0.2, 0) is 6.54 Å². The highest BCUT2D eigenvalue weighted by atomic mass is 32.1. The minimum atomic E-state index is 0.775. The summed E-state index contributed by atoms with van der Waals surface area (Å²) < 4.78 is 0. The minimum absolute atomic E-state index is 0.775. The minimum Gasteiger partial charge on any atom is -0.380 e. The molecule has 2 aromatic rings. The van der Waals surface area contributed by atoms with Gasteiger partial charge in [0.05, 0.1) is 0 Å². The largest absolute Gasteiger partial charge is 0.380 e. The van der Waals surface area contributed by atoms with E-state index in [1.165, 1.54) is 6.33 Å². The molecule has 0 aromatic carbocycles. The van der Waals surface area contributed by atoms with E-state index in [0.29, 0.717) is 0 Å². The average Bonchev–Trinajstić information content (AvgIpc) is 2.69. The summed E-state index contributed by atoms with van der Waals surface area (Å²) in [6.07, 6.45) is 5.16. The summed E-state index contributed by atoms with van der Waals surface area (Å²) in [4.78, 5) is 7.87. The first kappa shape index (κ1) is 8.19. The molecule has 0 atom stereocenters. The van der Waals surface area contributed by atoms with E-state index in [0.717, 1.165) is 17.8 Å². The van der Waals surface area contributed by atoms with Crippen molar-refractivity contribution in [2.45, 2.75) is 6.54 Å². The molecule has 0 amide bonds. The van der Waals surface area contributed by atoms with Gasteiger partial charge in [-0.15, -0.1) is 0 Å². The van der Waals surface area contributed by atoms with Crippen LogP contribution in [0.25, 0.3) is 0 Å². The Balaban J connectivity index is 1.94. The van der Waals surface area contributed by atoms with Gasteiger partial charge in [0.25, 0.3) is 0 Å². The van der Waals surface area contributed by atoms with E-state index in [-0.39, 0.29) is 0 Å². The molecule has 0 fully saturated rings. The Labute approximate surface area is 80.5 Å². The Hall–Kier alpha value is -1.42. The van der Waals surface area contributed by atoms with Crippen molar-refractivity contribution in [3.8, 4) is 0 Å².